The smallest absolute Gasteiger partial charge is 0.311 e. The molecule has 2 aliphatic carbocycles. The fraction of sp³-hybridized carbons (Fsp3) is 0.500. The number of benzene rings is 2. The topological polar surface area (TPSA) is 94.2 Å². The lowest BCUT2D eigenvalue weighted by Crippen LogP contribution is -2.39. The Bertz CT molecular complexity index is 1320. The molecular formula is C30H35ClF2N2O6. The molecule has 0 radical (unpaired) electrons. The molecule has 1 N–H and O–H groups in total. The van der Waals surface area contributed by atoms with Crippen molar-refractivity contribution in [1.29, 1.82) is 0 Å². The van der Waals surface area contributed by atoms with Gasteiger partial charge in [0, 0.05) is 6.07 Å². The molecule has 0 atom stereocenters. The van der Waals surface area contributed by atoms with Gasteiger partial charge in [0.05, 0.1) is 54.1 Å². The largest absolute Gasteiger partial charge is 0.496 e. The van der Waals surface area contributed by atoms with Crippen molar-refractivity contribution in [2.75, 3.05) is 26.1 Å². The Hall–Kier alpha value is -3.40. The fourth-order valence-corrected chi connectivity index (χ4v) is 5.71. The minimum atomic E-state index is -0.967. The second-order valence-electron chi connectivity index (χ2n) is 11.5. The molecule has 2 aliphatic rings. The number of amides is 2. The van der Waals surface area contributed by atoms with Gasteiger partial charge in [-0.3, -0.25) is 14.4 Å². The number of ether oxygens (including phenoxy) is 3. The van der Waals surface area contributed by atoms with Gasteiger partial charge in [-0.25, -0.2) is 4.39 Å². The van der Waals surface area contributed by atoms with Crippen molar-refractivity contribution in [3.63, 3.8) is 0 Å². The summed E-state index contributed by atoms with van der Waals surface area (Å²) in [7, 11) is 2.64. The number of nitrogens with zero attached hydrogens (tertiary/aromatic N) is 1. The lowest BCUT2D eigenvalue weighted by Gasteiger charge is -2.39. The van der Waals surface area contributed by atoms with E-state index >= 15 is 0 Å². The van der Waals surface area contributed by atoms with Crippen LogP contribution in [-0.2, 0) is 9.53 Å². The Kier molecular flexibility index (Phi) is 9.11. The van der Waals surface area contributed by atoms with Crippen molar-refractivity contribution >= 4 is 35.1 Å². The predicted octanol–water partition coefficient (Wildman–Crippen LogP) is 6.76. The third kappa shape index (κ3) is 6.58. The Labute approximate surface area is 243 Å². The van der Waals surface area contributed by atoms with Crippen molar-refractivity contribution in [1.82, 2.24) is 5.12 Å². The van der Waals surface area contributed by atoms with Gasteiger partial charge in [-0.1, -0.05) is 35.5 Å². The van der Waals surface area contributed by atoms with E-state index in [4.69, 9.17) is 25.8 Å². The van der Waals surface area contributed by atoms with Crippen molar-refractivity contribution in [3.8, 4) is 11.5 Å². The molecule has 2 saturated carbocycles. The van der Waals surface area contributed by atoms with Gasteiger partial charge < -0.3 is 19.5 Å². The van der Waals surface area contributed by atoms with E-state index < -0.39 is 23.0 Å². The molecule has 11 heteroatoms. The number of halogens is 3. The highest BCUT2D eigenvalue weighted by molar-refractivity contribution is 6.34. The quantitative estimate of drug-likeness (QED) is 0.255. The van der Waals surface area contributed by atoms with Gasteiger partial charge in [-0.2, -0.15) is 5.12 Å². The highest BCUT2D eigenvalue weighted by atomic mass is 35.5. The standard InChI is InChI=1S/C30H35ClF2N2O6/c1-29(11-6-12-29)17-35(33)27(37)25-20(31)7-5-8-22(25)34-26(36)19-15-24(21(32)16-23(19)39-3)41-18-9-13-30(2,14-10-18)28(38)40-4/h5,7-8,15-16,18H,6,9-14,17H2,1-4H3,(H,34,36). The van der Waals surface area contributed by atoms with Crippen LogP contribution in [0.3, 0.4) is 0 Å². The number of carbonyl (C=O) groups is 3. The molecule has 2 aromatic rings. The summed E-state index contributed by atoms with van der Waals surface area (Å²) >= 11 is 6.29. The lowest BCUT2D eigenvalue weighted by molar-refractivity contribution is -0.154. The van der Waals surface area contributed by atoms with Crippen LogP contribution in [0.5, 0.6) is 11.5 Å². The molecular weight excluding hydrogens is 558 g/mol. The summed E-state index contributed by atoms with van der Waals surface area (Å²) in [5, 5.41) is 2.71. The van der Waals surface area contributed by atoms with Crippen LogP contribution in [0, 0.1) is 16.6 Å². The number of hydrogen-bond donors (Lipinski definition) is 1. The second-order valence-corrected chi connectivity index (χ2v) is 11.9. The maximum absolute atomic E-state index is 15.0. The van der Waals surface area contributed by atoms with E-state index in [9.17, 15) is 23.3 Å². The van der Waals surface area contributed by atoms with Crippen molar-refractivity contribution in [2.45, 2.75) is 64.9 Å². The van der Waals surface area contributed by atoms with E-state index in [-0.39, 0.29) is 62.5 Å². The minimum Gasteiger partial charge on any atom is -0.496 e. The molecule has 2 fully saturated rings. The van der Waals surface area contributed by atoms with Crippen LogP contribution in [0.4, 0.5) is 14.6 Å². The number of hydrogen-bond acceptors (Lipinski definition) is 6. The van der Waals surface area contributed by atoms with Crippen LogP contribution in [-0.4, -0.2) is 49.8 Å². The zero-order chi connectivity index (χ0) is 29.9. The monoisotopic (exact) mass is 592 g/mol. The van der Waals surface area contributed by atoms with E-state index in [0.29, 0.717) is 25.7 Å². The Morgan fingerprint density at radius 3 is 2.34 bits per heavy atom. The van der Waals surface area contributed by atoms with Gasteiger partial charge in [0.2, 0.25) is 0 Å². The first kappa shape index (κ1) is 30.6. The van der Waals surface area contributed by atoms with Crippen molar-refractivity contribution in [2.24, 2.45) is 10.8 Å². The van der Waals surface area contributed by atoms with Gasteiger partial charge >= 0.3 is 5.97 Å². The number of esters is 1. The molecule has 8 nitrogen and oxygen atoms in total. The average molecular weight is 593 g/mol. The van der Waals surface area contributed by atoms with Crippen LogP contribution in [0.15, 0.2) is 30.3 Å². The van der Waals surface area contributed by atoms with Gasteiger partial charge in [0.1, 0.15) is 5.75 Å². The summed E-state index contributed by atoms with van der Waals surface area (Å²) < 4.78 is 46.0. The maximum atomic E-state index is 15.0. The van der Waals surface area contributed by atoms with Gasteiger partial charge in [-0.05, 0) is 69.1 Å². The van der Waals surface area contributed by atoms with Crippen LogP contribution in [0.2, 0.25) is 5.02 Å². The molecule has 4 rings (SSSR count). The SMILES string of the molecule is COC(=O)C1(C)CCC(Oc2cc(C(=O)Nc3cccc(Cl)c3C(=O)N(F)CC3(C)CCC3)c(OC)cc2F)CC1. The first-order chi connectivity index (χ1) is 19.4. The van der Waals surface area contributed by atoms with Gasteiger partial charge in [0.15, 0.2) is 11.6 Å². The van der Waals surface area contributed by atoms with E-state index in [1.54, 1.807) is 0 Å². The van der Waals surface area contributed by atoms with E-state index in [1.165, 1.54) is 38.5 Å². The average Bonchev–Trinajstić information content (AvgIpc) is 2.93. The summed E-state index contributed by atoms with van der Waals surface area (Å²) in [6.45, 7) is 3.66. The summed E-state index contributed by atoms with van der Waals surface area (Å²) in [5.74, 6) is -2.94. The van der Waals surface area contributed by atoms with Crippen LogP contribution < -0.4 is 14.8 Å². The molecule has 2 amide bonds. The maximum Gasteiger partial charge on any atom is 0.311 e. The fourth-order valence-electron chi connectivity index (χ4n) is 5.45. The number of nitrogens with one attached hydrogen (secondary N) is 1. The molecule has 0 spiro atoms. The molecule has 0 saturated heterocycles. The minimum absolute atomic E-state index is 0.00265. The summed E-state index contributed by atoms with van der Waals surface area (Å²) in [5.41, 5.74) is -1.19. The zero-order valence-corrected chi connectivity index (χ0v) is 24.4. The molecule has 0 unspecified atom stereocenters. The molecule has 2 aromatic carbocycles. The first-order valence-corrected chi connectivity index (χ1v) is 14.0. The molecule has 41 heavy (non-hydrogen) atoms. The number of rotatable bonds is 9. The predicted molar refractivity (Wildman–Crippen MR) is 149 cm³/mol. The summed E-state index contributed by atoms with van der Waals surface area (Å²) in [4.78, 5) is 38.6. The Morgan fingerprint density at radius 1 is 1.07 bits per heavy atom. The molecule has 0 aromatic heterocycles. The van der Waals surface area contributed by atoms with E-state index in [1.807, 2.05) is 13.8 Å². The third-order valence-corrected chi connectivity index (χ3v) is 8.60. The van der Waals surface area contributed by atoms with E-state index in [2.05, 4.69) is 5.32 Å². The number of methoxy groups -OCH3 is 2. The highest BCUT2D eigenvalue weighted by Gasteiger charge is 2.40. The molecule has 222 valence electrons. The molecule has 0 aliphatic heterocycles. The second kappa shape index (κ2) is 12.2. The zero-order valence-electron chi connectivity index (χ0n) is 23.7. The van der Waals surface area contributed by atoms with Crippen molar-refractivity contribution in [3.05, 3.63) is 52.3 Å². The molecule has 0 heterocycles. The van der Waals surface area contributed by atoms with Crippen LogP contribution >= 0.6 is 11.6 Å². The third-order valence-electron chi connectivity index (χ3n) is 8.28. The van der Waals surface area contributed by atoms with Gasteiger partial charge in [-0.15, -0.1) is 0 Å². The van der Waals surface area contributed by atoms with Crippen LogP contribution in [0.1, 0.15) is 79.5 Å². The van der Waals surface area contributed by atoms with E-state index in [0.717, 1.165) is 25.3 Å². The normalized spacial score (nSPS) is 21.3. The Morgan fingerprint density at radius 2 is 1.76 bits per heavy atom. The summed E-state index contributed by atoms with van der Waals surface area (Å²) in [6, 6.07) is 6.65. The number of anilines is 1. The van der Waals surface area contributed by atoms with Crippen LogP contribution in [0.25, 0.3) is 0 Å². The van der Waals surface area contributed by atoms with Gasteiger partial charge in [0.25, 0.3) is 11.8 Å². The lowest BCUT2D eigenvalue weighted by atomic mass is 9.70. The number of carbonyl (C=O) groups excluding carboxylic acids is 3. The highest BCUT2D eigenvalue weighted by Crippen LogP contribution is 2.42. The van der Waals surface area contributed by atoms with Crippen molar-refractivity contribution < 1.29 is 37.5 Å². The Balaban J connectivity index is 1.53. The summed E-state index contributed by atoms with van der Waals surface area (Å²) in [6.07, 6.45) is 4.22. The molecule has 0 bridgehead atoms. The first-order valence-electron chi connectivity index (χ1n) is 13.6.